The maximum Gasteiger partial charge on any atom is 0.358 e. The van der Waals surface area contributed by atoms with Gasteiger partial charge in [0.1, 0.15) is 0 Å². The van der Waals surface area contributed by atoms with Gasteiger partial charge in [0, 0.05) is 19.1 Å². The van der Waals surface area contributed by atoms with E-state index in [1.54, 1.807) is 0 Å². The van der Waals surface area contributed by atoms with Crippen LogP contribution in [0.5, 0.6) is 0 Å². The number of aromatic carboxylic acids is 1. The molecule has 2 amide bonds. The van der Waals surface area contributed by atoms with Crippen molar-refractivity contribution in [3.63, 3.8) is 0 Å². The second kappa shape index (κ2) is 6.36. The molecule has 2 heterocycles. The highest BCUT2D eigenvalue weighted by Crippen LogP contribution is 2.19. The van der Waals surface area contributed by atoms with Crippen molar-refractivity contribution < 1.29 is 14.7 Å². The molecule has 1 aliphatic heterocycles. The van der Waals surface area contributed by atoms with Gasteiger partial charge in [0.05, 0.1) is 12.7 Å². The normalized spacial score (nSPS) is 18.2. The molecule has 2 rings (SSSR count). The van der Waals surface area contributed by atoms with Gasteiger partial charge in [-0.25, -0.2) is 14.3 Å². The van der Waals surface area contributed by atoms with Gasteiger partial charge in [-0.05, 0) is 19.3 Å². The molecule has 1 saturated heterocycles. The molecular formula is C12H19N5O3. The molecule has 0 saturated carbocycles. The Morgan fingerprint density at radius 3 is 3.00 bits per heavy atom. The Hall–Kier alpha value is -2.12. The van der Waals surface area contributed by atoms with Crippen LogP contribution in [-0.4, -0.2) is 56.1 Å². The van der Waals surface area contributed by atoms with Crippen LogP contribution in [0.4, 0.5) is 4.79 Å². The lowest BCUT2D eigenvalue weighted by Crippen LogP contribution is -2.43. The van der Waals surface area contributed by atoms with Gasteiger partial charge in [-0.1, -0.05) is 12.1 Å². The van der Waals surface area contributed by atoms with Crippen molar-refractivity contribution in [1.82, 2.24) is 25.2 Å². The van der Waals surface area contributed by atoms with Crippen LogP contribution in [0, 0.1) is 0 Å². The number of carbonyl (C=O) groups excluding carboxylic acids is 1. The molecule has 8 nitrogen and oxygen atoms in total. The van der Waals surface area contributed by atoms with Crippen LogP contribution < -0.4 is 5.32 Å². The lowest BCUT2D eigenvalue weighted by atomic mass is 10.2. The molecule has 0 bridgehead atoms. The molecule has 0 spiro atoms. The van der Waals surface area contributed by atoms with Crippen LogP contribution in [0.3, 0.4) is 0 Å². The summed E-state index contributed by atoms with van der Waals surface area (Å²) in [6, 6.07) is 0.271. The minimum atomic E-state index is -1.11. The van der Waals surface area contributed by atoms with Gasteiger partial charge < -0.3 is 15.3 Å². The predicted octanol–water partition coefficient (Wildman–Crippen LogP) is 0.560. The summed E-state index contributed by atoms with van der Waals surface area (Å²) < 4.78 is 1.41. The molecule has 1 aromatic heterocycles. The van der Waals surface area contributed by atoms with E-state index in [0.717, 1.165) is 25.8 Å². The molecule has 0 aromatic carbocycles. The number of carboxylic acids is 1. The van der Waals surface area contributed by atoms with Gasteiger partial charge in [-0.3, -0.25) is 0 Å². The smallest absolute Gasteiger partial charge is 0.358 e. The molecule has 0 aliphatic carbocycles. The quantitative estimate of drug-likeness (QED) is 0.821. The van der Waals surface area contributed by atoms with Crippen molar-refractivity contribution in [2.45, 2.75) is 38.8 Å². The number of rotatable bonds is 5. The summed E-state index contributed by atoms with van der Waals surface area (Å²) >= 11 is 0. The van der Waals surface area contributed by atoms with Gasteiger partial charge in [0.25, 0.3) is 0 Å². The molecule has 1 fully saturated rings. The van der Waals surface area contributed by atoms with Crippen molar-refractivity contribution in [2.24, 2.45) is 0 Å². The van der Waals surface area contributed by atoms with E-state index in [1.165, 1.54) is 10.9 Å². The van der Waals surface area contributed by atoms with E-state index in [1.807, 2.05) is 4.90 Å². The summed E-state index contributed by atoms with van der Waals surface area (Å²) in [7, 11) is 0. The van der Waals surface area contributed by atoms with Crippen LogP contribution in [-0.2, 0) is 6.54 Å². The summed E-state index contributed by atoms with van der Waals surface area (Å²) in [5, 5.41) is 18.7. The second-order valence-electron chi connectivity index (χ2n) is 4.80. The van der Waals surface area contributed by atoms with Gasteiger partial charge in [0.2, 0.25) is 0 Å². The number of carboxylic acid groups (broad SMARTS) is 1. The number of hydrogen-bond acceptors (Lipinski definition) is 4. The summed E-state index contributed by atoms with van der Waals surface area (Å²) in [5.74, 6) is -1.11. The first-order valence-electron chi connectivity index (χ1n) is 6.79. The average Bonchev–Trinajstić information content (AvgIpc) is 3.07. The third kappa shape index (κ3) is 3.25. The Kier molecular flexibility index (Phi) is 4.54. The Bertz CT molecular complexity index is 487. The fraction of sp³-hybridized carbons (Fsp3) is 0.667. The number of urea groups is 1. The van der Waals surface area contributed by atoms with Gasteiger partial charge in [-0.15, -0.1) is 5.10 Å². The van der Waals surface area contributed by atoms with Crippen LogP contribution in [0.15, 0.2) is 6.20 Å². The van der Waals surface area contributed by atoms with Crippen LogP contribution in [0.25, 0.3) is 0 Å². The molecule has 110 valence electrons. The van der Waals surface area contributed by atoms with Crippen molar-refractivity contribution >= 4 is 12.0 Å². The molecular weight excluding hydrogens is 262 g/mol. The van der Waals surface area contributed by atoms with E-state index in [0.29, 0.717) is 19.1 Å². The summed E-state index contributed by atoms with van der Waals surface area (Å²) in [4.78, 5) is 24.5. The van der Waals surface area contributed by atoms with E-state index in [4.69, 9.17) is 5.11 Å². The lowest BCUT2D eigenvalue weighted by Gasteiger charge is -2.23. The summed E-state index contributed by atoms with van der Waals surface area (Å²) in [5.41, 5.74) is -0.0954. The number of carbonyl (C=O) groups is 2. The first kappa shape index (κ1) is 14.3. The Labute approximate surface area is 116 Å². The largest absolute Gasteiger partial charge is 0.476 e. The number of hydrogen-bond donors (Lipinski definition) is 2. The van der Waals surface area contributed by atoms with Crippen LogP contribution in [0.1, 0.15) is 36.7 Å². The van der Waals surface area contributed by atoms with Gasteiger partial charge in [-0.2, -0.15) is 0 Å². The standard InChI is InChI=1S/C12H19N5O3/c1-2-9-4-3-6-17(9)12(20)13-5-7-16-8-10(11(18)19)14-15-16/h8-9H,2-7H2,1H3,(H,13,20)(H,18,19). The number of likely N-dealkylation sites (tertiary alicyclic amines) is 1. The highest BCUT2D eigenvalue weighted by molar-refractivity contribution is 5.84. The SMILES string of the molecule is CCC1CCCN1C(=O)NCCn1cc(C(=O)O)nn1. The van der Waals surface area contributed by atoms with E-state index < -0.39 is 5.97 Å². The first-order valence-corrected chi connectivity index (χ1v) is 6.79. The van der Waals surface area contributed by atoms with Crippen LogP contribution >= 0.6 is 0 Å². The number of aromatic nitrogens is 3. The van der Waals surface area contributed by atoms with Gasteiger partial charge >= 0.3 is 12.0 Å². The van der Waals surface area contributed by atoms with E-state index in [-0.39, 0.29) is 11.7 Å². The summed E-state index contributed by atoms with van der Waals surface area (Å²) in [6.07, 6.45) is 4.43. The van der Waals surface area contributed by atoms with Crippen molar-refractivity contribution in [3.8, 4) is 0 Å². The second-order valence-corrected chi connectivity index (χ2v) is 4.80. The third-order valence-electron chi connectivity index (χ3n) is 3.48. The zero-order valence-electron chi connectivity index (χ0n) is 11.4. The zero-order valence-corrected chi connectivity index (χ0v) is 11.4. The molecule has 20 heavy (non-hydrogen) atoms. The topological polar surface area (TPSA) is 100 Å². The molecule has 2 N–H and O–H groups in total. The molecule has 0 radical (unpaired) electrons. The first-order chi connectivity index (χ1) is 9.61. The minimum Gasteiger partial charge on any atom is -0.476 e. The van der Waals surface area contributed by atoms with E-state index in [2.05, 4.69) is 22.6 Å². The zero-order chi connectivity index (χ0) is 14.5. The minimum absolute atomic E-state index is 0.0621. The van der Waals surface area contributed by atoms with E-state index in [9.17, 15) is 9.59 Å². The number of amides is 2. The van der Waals surface area contributed by atoms with Crippen molar-refractivity contribution in [1.29, 1.82) is 0 Å². The predicted molar refractivity (Wildman–Crippen MR) is 70.4 cm³/mol. The lowest BCUT2D eigenvalue weighted by molar-refractivity contribution is 0.0690. The molecule has 1 aliphatic rings. The van der Waals surface area contributed by atoms with Crippen molar-refractivity contribution in [2.75, 3.05) is 13.1 Å². The fourth-order valence-electron chi connectivity index (χ4n) is 2.41. The fourth-order valence-corrected chi connectivity index (χ4v) is 2.41. The Morgan fingerprint density at radius 2 is 2.35 bits per heavy atom. The Morgan fingerprint density at radius 1 is 1.55 bits per heavy atom. The van der Waals surface area contributed by atoms with Crippen molar-refractivity contribution in [3.05, 3.63) is 11.9 Å². The average molecular weight is 281 g/mol. The number of nitrogens with zero attached hydrogens (tertiary/aromatic N) is 4. The maximum atomic E-state index is 12.0. The highest BCUT2D eigenvalue weighted by Gasteiger charge is 2.26. The number of nitrogens with one attached hydrogen (secondary N) is 1. The maximum absolute atomic E-state index is 12.0. The molecule has 1 aromatic rings. The van der Waals surface area contributed by atoms with Gasteiger partial charge in [0.15, 0.2) is 5.69 Å². The molecule has 8 heteroatoms. The third-order valence-corrected chi connectivity index (χ3v) is 3.48. The highest BCUT2D eigenvalue weighted by atomic mass is 16.4. The van der Waals surface area contributed by atoms with E-state index >= 15 is 0 Å². The summed E-state index contributed by atoms with van der Waals surface area (Å²) in [6.45, 7) is 3.68. The monoisotopic (exact) mass is 281 g/mol. The molecule has 1 atom stereocenters. The van der Waals surface area contributed by atoms with Crippen LogP contribution in [0.2, 0.25) is 0 Å². The Balaban J connectivity index is 1.77. The molecule has 1 unspecified atom stereocenters.